The Morgan fingerprint density at radius 3 is 2.35 bits per heavy atom. The molecule has 3 rings (SSSR count). The molecule has 0 fully saturated rings. The summed E-state index contributed by atoms with van der Waals surface area (Å²) in [6.07, 6.45) is 0.580. The van der Waals surface area contributed by atoms with Gasteiger partial charge < -0.3 is 10.4 Å². The molecule has 2 atom stereocenters. The zero-order valence-electron chi connectivity index (χ0n) is 13.1. The summed E-state index contributed by atoms with van der Waals surface area (Å²) in [6.45, 7) is 3.56. The van der Waals surface area contributed by atoms with E-state index in [4.69, 9.17) is 0 Å². The normalized spacial score (nSPS) is 25.1. The van der Waals surface area contributed by atoms with Crippen molar-refractivity contribution in [2.45, 2.75) is 32.0 Å². The van der Waals surface area contributed by atoms with Crippen LogP contribution in [0.5, 0.6) is 0 Å². The molecule has 0 amide bonds. The van der Waals surface area contributed by atoms with Gasteiger partial charge in [0, 0.05) is 18.1 Å². The van der Waals surface area contributed by atoms with Gasteiger partial charge in [-0.25, -0.2) is 4.39 Å². The topological polar surface area (TPSA) is 49.5 Å². The average Bonchev–Trinajstić information content (AvgIpc) is 2.77. The second-order valence-electron chi connectivity index (χ2n) is 5.84. The van der Waals surface area contributed by atoms with Crippen LogP contribution in [0.25, 0.3) is 0 Å². The Morgan fingerprint density at radius 2 is 1.78 bits per heavy atom. The molecule has 0 saturated heterocycles. The molecule has 0 aliphatic carbocycles. The molecule has 0 bridgehead atoms. The Bertz CT molecular complexity index is 730. The van der Waals surface area contributed by atoms with Gasteiger partial charge in [0.25, 0.3) is 5.66 Å². The number of halogens is 1. The predicted octanol–water partition coefficient (Wildman–Crippen LogP) is 3.48. The number of rotatable bonds is 3. The lowest BCUT2D eigenvalue weighted by atomic mass is 10.0. The van der Waals surface area contributed by atoms with Crippen LogP contribution >= 0.6 is 0 Å². The number of benzene rings is 2. The van der Waals surface area contributed by atoms with Gasteiger partial charge >= 0.3 is 0 Å². The first kappa shape index (κ1) is 15.6. The van der Waals surface area contributed by atoms with Crippen LogP contribution in [0.1, 0.15) is 31.4 Å². The van der Waals surface area contributed by atoms with Crippen LogP contribution in [-0.2, 0) is 5.66 Å². The molecular formula is C18H19FN2O2. The Labute approximate surface area is 134 Å². The maximum absolute atomic E-state index is 13.2. The molecule has 0 saturated carbocycles. The molecule has 2 aromatic carbocycles. The minimum Gasteiger partial charge on any atom is -0.622 e. The highest BCUT2D eigenvalue weighted by Crippen LogP contribution is 2.37. The van der Waals surface area contributed by atoms with Gasteiger partial charge in [-0.05, 0) is 42.8 Å². The first-order chi connectivity index (χ1) is 11.0. The first-order valence-electron chi connectivity index (χ1n) is 7.64. The third-order valence-corrected chi connectivity index (χ3v) is 4.52. The van der Waals surface area contributed by atoms with Crippen LogP contribution < -0.4 is 0 Å². The largest absolute Gasteiger partial charge is 0.622 e. The molecule has 0 unspecified atom stereocenters. The number of hydrogen-bond acceptors (Lipinski definition) is 3. The van der Waals surface area contributed by atoms with Gasteiger partial charge in [0.05, 0.1) is 0 Å². The maximum Gasteiger partial charge on any atom is 0.274 e. The molecular weight excluding hydrogens is 295 g/mol. The third kappa shape index (κ3) is 2.33. The van der Waals surface area contributed by atoms with Gasteiger partial charge in [-0.3, -0.25) is 0 Å². The standard InChI is InChI=1S/C18H19FN2O2/c1-3-16-17(13-7-5-4-6-8-13)21(23)18(2,20(16)22)14-9-11-15(19)12-10-14/h4-12,16,22H,3H2,1-2H3/t16-,18+/m1/s1. The average molecular weight is 314 g/mol. The molecule has 4 nitrogen and oxygen atoms in total. The zero-order valence-corrected chi connectivity index (χ0v) is 13.1. The van der Waals surface area contributed by atoms with Crippen LogP contribution in [0.2, 0.25) is 0 Å². The summed E-state index contributed by atoms with van der Waals surface area (Å²) in [5, 5.41) is 24.9. The number of nitrogens with zero attached hydrogens (tertiary/aromatic N) is 2. The fraction of sp³-hybridized carbons (Fsp3) is 0.278. The Balaban J connectivity index is 2.18. The maximum atomic E-state index is 13.2. The van der Waals surface area contributed by atoms with Crippen LogP contribution in [0.15, 0.2) is 54.6 Å². The van der Waals surface area contributed by atoms with Crippen LogP contribution in [0.3, 0.4) is 0 Å². The summed E-state index contributed by atoms with van der Waals surface area (Å²) in [5.74, 6) is -0.378. The molecule has 0 aromatic heterocycles. The van der Waals surface area contributed by atoms with Gasteiger partial charge in [-0.1, -0.05) is 25.1 Å². The first-order valence-corrected chi connectivity index (χ1v) is 7.64. The Morgan fingerprint density at radius 1 is 1.17 bits per heavy atom. The van der Waals surface area contributed by atoms with E-state index >= 15 is 0 Å². The van der Waals surface area contributed by atoms with Crippen molar-refractivity contribution in [2.75, 3.05) is 0 Å². The van der Waals surface area contributed by atoms with Crippen molar-refractivity contribution in [1.29, 1.82) is 0 Å². The molecule has 1 aliphatic rings. The zero-order chi connectivity index (χ0) is 16.6. The SMILES string of the molecule is CC[C@@H]1C(c2ccccc2)=[N+]([O-])[C@@](C)(c2ccc(F)cc2)N1O. The molecule has 1 N–H and O–H groups in total. The van der Waals surface area contributed by atoms with Crippen molar-refractivity contribution in [3.8, 4) is 0 Å². The molecule has 23 heavy (non-hydrogen) atoms. The van der Waals surface area contributed by atoms with Gasteiger partial charge in [0.2, 0.25) is 5.71 Å². The van der Waals surface area contributed by atoms with Crippen LogP contribution in [0.4, 0.5) is 4.39 Å². The van der Waals surface area contributed by atoms with Crippen molar-refractivity contribution < 1.29 is 14.3 Å². The summed E-state index contributed by atoms with van der Waals surface area (Å²) >= 11 is 0. The molecule has 0 spiro atoms. The van der Waals surface area contributed by atoms with Crippen molar-refractivity contribution in [3.05, 3.63) is 76.7 Å². The molecule has 5 heteroatoms. The van der Waals surface area contributed by atoms with E-state index in [1.807, 2.05) is 37.3 Å². The van der Waals surface area contributed by atoms with Crippen molar-refractivity contribution in [3.63, 3.8) is 0 Å². The fourth-order valence-corrected chi connectivity index (χ4v) is 3.18. The van der Waals surface area contributed by atoms with Crippen LogP contribution in [0, 0.1) is 11.0 Å². The second kappa shape index (κ2) is 5.76. The quantitative estimate of drug-likeness (QED) is 0.697. The number of hydrogen-bond donors (Lipinski definition) is 1. The monoisotopic (exact) mass is 314 g/mol. The van der Waals surface area contributed by atoms with Gasteiger partial charge in [0.15, 0.2) is 0 Å². The lowest BCUT2D eigenvalue weighted by Crippen LogP contribution is -2.46. The van der Waals surface area contributed by atoms with Crippen LogP contribution in [-0.4, -0.2) is 26.8 Å². The highest BCUT2D eigenvalue weighted by molar-refractivity contribution is 6.01. The van der Waals surface area contributed by atoms with E-state index in [0.717, 1.165) is 15.4 Å². The van der Waals surface area contributed by atoms with E-state index in [1.165, 1.54) is 24.3 Å². The van der Waals surface area contributed by atoms with E-state index in [-0.39, 0.29) is 5.82 Å². The Kier molecular flexibility index (Phi) is 3.92. The van der Waals surface area contributed by atoms with E-state index in [1.54, 1.807) is 6.92 Å². The molecule has 1 aliphatic heterocycles. The smallest absolute Gasteiger partial charge is 0.274 e. The summed E-state index contributed by atoms with van der Waals surface area (Å²) in [6, 6.07) is 14.5. The summed E-state index contributed by atoms with van der Waals surface area (Å²) < 4.78 is 14.0. The van der Waals surface area contributed by atoms with E-state index < -0.39 is 11.7 Å². The minimum absolute atomic E-state index is 0.378. The van der Waals surface area contributed by atoms with E-state index in [2.05, 4.69) is 0 Å². The fourth-order valence-electron chi connectivity index (χ4n) is 3.18. The summed E-state index contributed by atoms with van der Waals surface area (Å²) in [5.41, 5.74) is 0.543. The lowest BCUT2D eigenvalue weighted by Gasteiger charge is -2.30. The third-order valence-electron chi connectivity index (χ3n) is 4.52. The molecule has 1 heterocycles. The Hall–Kier alpha value is -2.24. The van der Waals surface area contributed by atoms with Gasteiger partial charge in [0.1, 0.15) is 11.9 Å². The lowest BCUT2D eigenvalue weighted by molar-refractivity contribution is -0.595. The van der Waals surface area contributed by atoms with Gasteiger partial charge in [-0.2, -0.15) is 4.74 Å². The van der Waals surface area contributed by atoms with E-state index in [0.29, 0.717) is 17.7 Å². The molecule has 120 valence electrons. The highest BCUT2D eigenvalue weighted by atomic mass is 19.1. The van der Waals surface area contributed by atoms with Crippen molar-refractivity contribution in [1.82, 2.24) is 5.06 Å². The van der Waals surface area contributed by atoms with Gasteiger partial charge in [-0.15, -0.1) is 5.06 Å². The minimum atomic E-state index is -1.29. The van der Waals surface area contributed by atoms with Crippen molar-refractivity contribution in [2.24, 2.45) is 0 Å². The summed E-state index contributed by atoms with van der Waals surface area (Å²) in [7, 11) is 0. The summed E-state index contributed by atoms with van der Waals surface area (Å²) in [4.78, 5) is 0. The molecule has 0 radical (unpaired) electrons. The van der Waals surface area contributed by atoms with E-state index in [9.17, 15) is 14.8 Å². The van der Waals surface area contributed by atoms with Crippen molar-refractivity contribution >= 4 is 5.71 Å². The second-order valence-corrected chi connectivity index (χ2v) is 5.84. The molecule has 2 aromatic rings. The number of hydroxylamine groups is 3. The highest BCUT2D eigenvalue weighted by Gasteiger charge is 2.55. The predicted molar refractivity (Wildman–Crippen MR) is 85.6 cm³/mol.